The molecule has 3 N–H and O–H groups in total. The molecule has 0 atom stereocenters. The Labute approximate surface area is 123 Å². The number of anilines is 1. The van der Waals surface area contributed by atoms with E-state index >= 15 is 0 Å². The van der Waals surface area contributed by atoms with Gasteiger partial charge in [0, 0.05) is 9.13 Å². The molecule has 0 aliphatic rings. The summed E-state index contributed by atoms with van der Waals surface area (Å²) >= 11 is 4.21. The summed E-state index contributed by atoms with van der Waals surface area (Å²) in [4.78, 5) is 1.08. The van der Waals surface area contributed by atoms with Crippen LogP contribution in [0.5, 0.6) is 5.75 Å². The zero-order valence-electron chi connectivity index (χ0n) is 8.25. The van der Waals surface area contributed by atoms with Crippen molar-refractivity contribution in [2.45, 2.75) is 0 Å². The molecule has 1 heterocycles. The van der Waals surface area contributed by atoms with Gasteiger partial charge in [-0.05, 0) is 67.7 Å². The van der Waals surface area contributed by atoms with E-state index in [0.29, 0.717) is 5.56 Å². The SMILES string of the molecule is Nc1nnnn1N=Cc1cc(I)cc(I)c1O. The van der Waals surface area contributed by atoms with E-state index in [9.17, 15) is 5.11 Å². The number of nitrogens with zero attached hydrogens (tertiary/aromatic N) is 5. The number of hydrogen-bond acceptors (Lipinski definition) is 6. The van der Waals surface area contributed by atoms with Gasteiger partial charge in [0.1, 0.15) is 5.75 Å². The summed E-state index contributed by atoms with van der Waals surface area (Å²) in [5, 5.41) is 24.2. The number of benzene rings is 1. The van der Waals surface area contributed by atoms with Crippen LogP contribution in [0.1, 0.15) is 5.56 Å². The predicted molar refractivity (Wildman–Crippen MR) is 78.8 cm³/mol. The predicted octanol–water partition coefficient (Wildman–Crippen LogP) is 1.05. The van der Waals surface area contributed by atoms with Crippen molar-refractivity contribution in [3.63, 3.8) is 0 Å². The van der Waals surface area contributed by atoms with Gasteiger partial charge in [0.05, 0.1) is 9.78 Å². The van der Waals surface area contributed by atoms with Gasteiger partial charge >= 0.3 is 0 Å². The van der Waals surface area contributed by atoms with Crippen LogP contribution in [-0.2, 0) is 0 Å². The molecule has 0 saturated heterocycles. The van der Waals surface area contributed by atoms with E-state index in [0.717, 1.165) is 11.9 Å². The molecule has 0 aliphatic heterocycles. The minimum absolute atomic E-state index is 0.0843. The van der Waals surface area contributed by atoms with E-state index in [-0.39, 0.29) is 11.7 Å². The number of hydrogen-bond donors (Lipinski definition) is 2. The summed E-state index contributed by atoms with van der Waals surface area (Å²) in [5.41, 5.74) is 6.03. The second kappa shape index (κ2) is 5.12. The summed E-state index contributed by atoms with van der Waals surface area (Å²) in [7, 11) is 0. The maximum atomic E-state index is 9.83. The molecule has 2 rings (SSSR count). The molecule has 9 heteroatoms. The number of rotatable bonds is 2. The maximum Gasteiger partial charge on any atom is 0.263 e. The van der Waals surface area contributed by atoms with Crippen molar-refractivity contribution in [3.8, 4) is 5.75 Å². The lowest BCUT2D eigenvalue weighted by Gasteiger charge is -2.02. The molecule has 7 nitrogen and oxygen atoms in total. The Morgan fingerprint density at radius 3 is 2.82 bits per heavy atom. The van der Waals surface area contributed by atoms with Gasteiger partial charge in [0.2, 0.25) is 0 Å². The molecule has 0 spiro atoms. The average molecular weight is 456 g/mol. The number of phenols is 1. The van der Waals surface area contributed by atoms with Crippen LogP contribution in [0, 0.1) is 7.14 Å². The molecule has 88 valence electrons. The second-order valence-electron chi connectivity index (χ2n) is 3.00. The average Bonchev–Trinajstić information content (AvgIpc) is 2.67. The van der Waals surface area contributed by atoms with Crippen molar-refractivity contribution >= 4 is 57.3 Å². The molecule has 1 aromatic carbocycles. The van der Waals surface area contributed by atoms with Gasteiger partial charge in [0.15, 0.2) is 0 Å². The Morgan fingerprint density at radius 1 is 1.41 bits per heavy atom. The first-order chi connectivity index (χ1) is 8.08. The molecule has 0 bridgehead atoms. The van der Waals surface area contributed by atoms with Crippen molar-refractivity contribution in [2.24, 2.45) is 5.10 Å². The van der Waals surface area contributed by atoms with Gasteiger partial charge in [-0.1, -0.05) is 9.89 Å². The fourth-order valence-electron chi connectivity index (χ4n) is 1.07. The van der Waals surface area contributed by atoms with Crippen LogP contribution in [-0.4, -0.2) is 31.6 Å². The standard InChI is InChI=1S/C8H6I2N6O/c9-5-1-4(7(17)6(10)2-5)3-12-16-8(11)13-14-15-16/h1-3,17H,(H2,11,13,15). The molecule has 0 aliphatic carbocycles. The minimum atomic E-state index is 0.0843. The summed E-state index contributed by atoms with van der Waals surface area (Å²) in [6, 6.07) is 3.65. The first kappa shape index (κ1) is 12.5. The Bertz CT molecular complexity index is 581. The maximum absolute atomic E-state index is 9.83. The van der Waals surface area contributed by atoms with Crippen molar-refractivity contribution in [1.29, 1.82) is 0 Å². The number of aromatic nitrogens is 4. The molecular weight excluding hydrogens is 450 g/mol. The summed E-state index contributed by atoms with van der Waals surface area (Å²) in [5.74, 6) is 0.252. The number of tetrazole rings is 1. The van der Waals surface area contributed by atoms with Crippen LogP contribution in [0.3, 0.4) is 0 Å². The van der Waals surface area contributed by atoms with Crippen molar-refractivity contribution in [3.05, 3.63) is 24.8 Å². The number of phenolic OH excluding ortho intramolecular Hbond substituents is 1. The molecule has 0 fully saturated rings. The summed E-state index contributed by atoms with van der Waals surface area (Å²) < 4.78 is 1.75. The van der Waals surface area contributed by atoms with Crippen LogP contribution in [0.2, 0.25) is 0 Å². The highest BCUT2D eigenvalue weighted by atomic mass is 127. The molecule has 17 heavy (non-hydrogen) atoms. The van der Waals surface area contributed by atoms with Crippen molar-refractivity contribution in [2.75, 3.05) is 5.73 Å². The van der Waals surface area contributed by atoms with E-state index in [4.69, 9.17) is 5.73 Å². The lowest BCUT2D eigenvalue weighted by molar-refractivity contribution is 0.470. The fraction of sp³-hybridized carbons (Fsp3) is 0. The zero-order valence-corrected chi connectivity index (χ0v) is 12.6. The monoisotopic (exact) mass is 456 g/mol. The van der Waals surface area contributed by atoms with E-state index in [1.54, 1.807) is 6.07 Å². The lowest BCUT2D eigenvalue weighted by atomic mass is 10.2. The van der Waals surface area contributed by atoms with E-state index < -0.39 is 0 Å². The first-order valence-corrected chi connectivity index (χ1v) is 6.50. The third kappa shape index (κ3) is 2.83. The lowest BCUT2D eigenvalue weighted by Crippen LogP contribution is -2.00. The Kier molecular flexibility index (Phi) is 3.76. The van der Waals surface area contributed by atoms with E-state index in [2.05, 4.69) is 43.2 Å². The smallest absolute Gasteiger partial charge is 0.263 e. The quantitative estimate of drug-likeness (QED) is 0.520. The zero-order chi connectivity index (χ0) is 12.4. The summed E-state index contributed by atoms with van der Waals surface area (Å²) in [6.45, 7) is 0. The highest BCUT2D eigenvalue weighted by molar-refractivity contribution is 14.1. The molecule has 0 amide bonds. The Morgan fingerprint density at radius 2 is 2.18 bits per heavy atom. The molecule has 0 unspecified atom stereocenters. The molecular formula is C8H6I2N6O. The molecule has 0 radical (unpaired) electrons. The molecule has 1 aromatic heterocycles. The first-order valence-electron chi connectivity index (χ1n) is 4.34. The van der Waals surface area contributed by atoms with Gasteiger partial charge in [-0.25, -0.2) is 0 Å². The summed E-state index contributed by atoms with van der Waals surface area (Å²) in [6.07, 6.45) is 1.45. The molecule has 0 saturated carbocycles. The van der Waals surface area contributed by atoms with Crippen LogP contribution in [0.25, 0.3) is 0 Å². The number of nitrogens with two attached hydrogens (primary N) is 1. The topological polar surface area (TPSA) is 102 Å². The fourth-order valence-corrected chi connectivity index (χ4v) is 2.96. The van der Waals surface area contributed by atoms with Crippen LogP contribution in [0.15, 0.2) is 17.2 Å². The Balaban J connectivity index is 2.37. The van der Waals surface area contributed by atoms with Crippen LogP contribution < -0.4 is 5.73 Å². The van der Waals surface area contributed by atoms with Crippen molar-refractivity contribution < 1.29 is 5.11 Å². The Hall–Kier alpha value is -0.980. The van der Waals surface area contributed by atoms with Gasteiger partial charge in [-0.3, -0.25) is 0 Å². The van der Waals surface area contributed by atoms with Crippen LogP contribution >= 0.6 is 45.2 Å². The number of aromatic hydroxyl groups is 1. The van der Waals surface area contributed by atoms with E-state index in [1.807, 2.05) is 28.7 Å². The second-order valence-corrected chi connectivity index (χ2v) is 5.40. The van der Waals surface area contributed by atoms with Gasteiger partial charge in [0.25, 0.3) is 5.95 Å². The normalized spacial score (nSPS) is 11.2. The van der Waals surface area contributed by atoms with Gasteiger partial charge in [-0.15, -0.1) is 0 Å². The molecule has 2 aromatic rings. The highest BCUT2D eigenvalue weighted by Gasteiger charge is 2.05. The van der Waals surface area contributed by atoms with Gasteiger partial charge < -0.3 is 10.8 Å². The minimum Gasteiger partial charge on any atom is -0.506 e. The van der Waals surface area contributed by atoms with Gasteiger partial charge in [-0.2, -0.15) is 5.10 Å². The number of halogens is 2. The van der Waals surface area contributed by atoms with Crippen LogP contribution in [0.4, 0.5) is 5.95 Å². The largest absolute Gasteiger partial charge is 0.506 e. The van der Waals surface area contributed by atoms with E-state index in [1.165, 1.54) is 6.21 Å². The third-order valence-corrected chi connectivity index (χ3v) is 3.29. The highest BCUT2D eigenvalue weighted by Crippen LogP contribution is 2.25. The third-order valence-electron chi connectivity index (χ3n) is 1.84. The number of nitrogen functional groups attached to an aromatic ring is 1. The van der Waals surface area contributed by atoms with Crippen molar-refractivity contribution in [1.82, 2.24) is 20.3 Å².